The van der Waals surface area contributed by atoms with E-state index in [2.05, 4.69) is 46.9 Å². The van der Waals surface area contributed by atoms with Gasteiger partial charge in [0.15, 0.2) is 8.32 Å². The number of carbonyl (C=O) groups excluding carboxylic acids is 1. The van der Waals surface area contributed by atoms with E-state index in [1.807, 2.05) is 19.9 Å². The van der Waals surface area contributed by atoms with Gasteiger partial charge in [-0.15, -0.1) is 0 Å². The van der Waals surface area contributed by atoms with Gasteiger partial charge < -0.3 is 4.43 Å². The molecule has 1 atom stereocenters. The summed E-state index contributed by atoms with van der Waals surface area (Å²) in [5.74, 6) is 0. The van der Waals surface area contributed by atoms with Crippen LogP contribution in [-0.4, -0.2) is 20.7 Å². The summed E-state index contributed by atoms with van der Waals surface area (Å²) in [7, 11) is -1.79. The molecule has 0 bridgehead atoms. The third kappa shape index (κ3) is 5.87. The first-order valence-corrected chi connectivity index (χ1v) is 9.88. The topological polar surface area (TPSA) is 26.3 Å². The Labute approximate surface area is 120 Å². The van der Waals surface area contributed by atoms with E-state index in [1.165, 1.54) is 5.57 Å². The third-order valence-corrected chi connectivity index (χ3v) is 8.53. The second-order valence-corrected chi connectivity index (χ2v) is 11.5. The number of carbonyl (C=O) groups is 1. The minimum Gasteiger partial charge on any atom is -0.410 e. The van der Waals surface area contributed by atoms with Crippen LogP contribution in [0.25, 0.3) is 0 Å². The lowest BCUT2D eigenvalue weighted by Gasteiger charge is -2.39. The molecule has 0 saturated heterocycles. The van der Waals surface area contributed by atoms with Gasteiger partial charge in [-0.3, -0.25) is 4.79 Å². The molecule has 110 valence electrons. The van der Waals surface area contributed by atoms with Crippen LogP contribution in [-0.2, 0) is 9.22 Å². The molecule has 0 aromatic heterocycles. The smallest absolute Gasteiger partial charge is 0.192 e. The highest BCUT2D eigenvalue weighted by molar-refractivity contribution is 6.74. The average Bonchev–Trinajstić information content (AvgIpc) is 2.31. The first kappa shape index (κ1) is 18.3. The predicted octanol–water partition coefficient (Wildman–Crippen LogP) is 4.88. The van der Waals surface area contributed by atoms with E-state index in [1.54, 1.807) is 0 Å². The molecule has 0 radical (unpaired) electrons. The van der Waals surface area contributed by atoms with Gasteiger partial charge in [0.05, 0.1) is 6.10 Å². The molecule has 1 unspecified atom stereocenters. The summed E-state index contributed by atoms with van der Waals surface area (Å²) in [4.78, 5) is 10.7. The fourth-order valence-corrected chi connectivity index (χ4v) is 2.73. The van der Waals surface area contributed by atoms with Crippen molar-refractivity contribution in [3.63, 3.8) is 0 Å². The monoisotopic (exact) mass is 282 g/mol. The quantitative estimate of drug-likeness (QED) is 0.300. The maximum absolute atomic E-state index is 10.7. The molecule has 0 aliphatic heterocycles. The Kier molecular flexibility index (Phi) is 6.95. The molecule has 0 amide bonds. The van der Waals surface area contributed by atoms with Crippen LogP contribution in [0.2, 0.25) is 18.1 Å². The number of rotatable bonds is 6. The van der Waals surface area contributed by atoms with Crippen molar-refractivity contribution in [3.05, 3.63) is 23.3 Å². The van der Waals surface area contributed by atoms with Gasteiger partial charge in [-0.25, -0.2) is 0 Å². The van der Waals surface area contributed by atoms with E-state index in [-0.39, 0.29) is 11.1 Å². The minimum absolute atomic E-state index is 0.0841. The van der Waals surface area contributed by atoms with Crippen molar-refractivity contribution in [2.45, 2.75) is 72.2 Å². The number of aldehydes is 1. The standard InChI is InChI=1S/C16H30O2Si/c1-9-14(3)15(11-10-13(2)12-17)18-19(7,8)16(4,5)6/h9-10,12,15H,11H2,1-8H3/b13-10+,14-9-. The van der Waals surface area contributed by atoms with Crippen LogP contribution in [0.15, 0.2) is 23.3 Å². The summed E-state index contributed by atoms with van der Waals surface area (Å²) in [6.45, 7) is 17.2. The first-order valence-electron chi connectivity index (χ1n) is 6.97. The second-order valence-electron chi connectivity index (χ2n) is 6.70. The van der Waals surface area contributed by atoms with Gasteiger partial charge in [0.1, 0.15) is 6.29 Å². The Hall–Kier alpha value is -0.673. The summed E-state index contributed by atoms with van der Waals surface area (Å²) < 4.78 is 6.46. The van der Waals surface area contributed by atoms with Gasteiger partial charge >= 0.3 is 0 Å². The van der Waals surface area contributed by atoms with Gasteiger partial charge in [-0.1, -0.05) is 32.9 Å². The average molecular weight is 282 g/mol. The lowest BCUT2D eigenvalue weighted by molar-refractivity contribution is -0.104. The number of hydrogen-bond donors (Lipinski definition) is 0. The third-order valence-electron chi connectivity index (χ3n) is 4.05. The summed E-state index contributed by atoms with van der Waals surface area (Å²) in [5, 5.41) is 0.197. The second kappa shape index (κ2) is 7.20. The van der Waals surface area contributed by atoms with Gasteiger partial charge in [0.25, 0.3) is 0 Å². The Morgan fingerprint density at radius 1 is 1.26 bits per heavy atom. The van der Waals surface area contributed by atoms with Crippen molar-refractivity contribution in [1.82, 2.24) is 0 Å². The minimum atomic E-state index is -1.79. The van der Waals surface area contributed by atoms with Crippen molar-refractivity contribution in [2.24, 2.45) is 0 Å². The molecular weight excluding hydrogens is 252 g/mol. The highest BCUT2D eigenvalue weighted by Crippen LogP contribution is 2.38. The fraction of sp³-hybridized carbons (Fsp3) is 0.688. The van der Waals surface area contributed by atoms with E-state index < -0.39 is 8.32 Å². The van der Waals surface area contributed by atoms with Crippen LogP contribution in [0.4, 0.5) is 0 Å². The van der Waals surface area contributed by atoms with Crippen molar-refractivity contribution in [3.8, 4) is 0 Å². The lowest BCUT2D eigenvalue weighted by atomic mass is 10.1. The molecule has 0 aliphatic rings. The predicted molar refractivity (Wildman–Crippen MR) is 85.9 cm³/mol. The maximum atomic E-state index is 10.7. The van der Waals surface area contributed by atoms with Crippen LogP contribution in [0.5, 0.6) is 0 Å². The Balaban J connectivity index is 5.05. The summed E-state index contributed by atoms with van der Waals surface area (Å²) >= 11 is 0. The van der Waals surface area contributed by atoms with Crippen molar-refractivity contribution in [1.29, 1.82) is 0 Å². The largest absolute Gasteiger partial charge is 0.410 e. The summed E-state index contributed by atoms with van der Waals surface area (Å²) in [6.07, 6.45) is 5.82. The zero-order valence-electron chi connectivity index (χ0n) is 13.8. The molecule has 0 N–H and O–H groups in total. The molecular formula is C16H30O2Si. The van der Waals surface area contributed by atoms with Crippen molar-refractivity contribution >= 4 is 14.6 Å². The highest BCUT2D eigenvalue weighted by atomic mass is 28.4. The Bertz CT molecular complexity index is 359. The molecule has 19 heavy (non-hydrogen) atoms. The van der Waals surface area contributed by atoms with Crippen LogP contribution >= 0.6 is 0 Å². The normalized spacial score (nSPS) is 16.4. The Morgan fingerprint density at radius 3 is 2.16 bits per heavy atom. The zero-order chi connectivity index (χ0) is 15.3. The van der Waals surface area contributed by atoms with Crippen molar-refractivity contribution < 1.29 is 9.22 Å². The molecule has 0 aromatic carbocycles. The van der Waals surface area contributed by atoms with Gasteiger partial charge in [0.2, 0.25) is 0 Å². The van der Waals surface area contributed by atoms with E-state index >= 15 is 0 Å². The lowest BCUT2D eigenvalue weighted by Crippen LogP contribution is -2.44. The molecule has 0 heterocycles. The van der Waals surface area contributed by atoms with E-state index in [0.29, 0.717) is 0 Å². The van der Waals surface area contributed by atoms with E-state index in [4.69, 9.17) is 4.43 Å². The zero-order valence-corrected chi connectivity index (χ0v) is 14.8. The molecule has 0 saturated carbocycles. The molecule has 0 spiro atoms. The van der Waals surface area contributed by atoms with Crippen LogP contribution in [0.1, 0.15) is 48.0 Å². The molecule has 0 rings (SSSR count). The molecule has 3 heteroatoms. The number of hydrogen-bond acceptors (Lipinski definition) is 2. The highest BCUT2D eigenvalue weighted by Gasteiger charge is 2.39. The van der Waals surface area contributed by atoms with Crippen molar-refractivity contribution in [2.75, 3.05) is 0 Å². The number of allylic oxidation sites excluding steroid dienone is 2. The van der Waals surface area contributed by atoms with Gasteiger partial charge in [0, 0.05) is 0 Å². The summed E-state index contributed by atoms with van der Waals surface area (Å²) in [6, 6.07) is 0. The van der Waals surface area contributed by atoms with E-state index in [9.17, 15) is 4.79 Å². The molecule has 0 aliphatic carbocycles. The molecule has 0 fully saturated rings. The van der Waals surface area contributed by atoms with Gasteiger partial charge in [-0.05, 0) is 56.5 Å². The van der Waals surface area contributed by atoms with Gasteiger partial charge in [-0.2, -0.15) is 0 Å². The first-order chi connectivity index (χ1) is 8.55. The van der Waals surface area contributed by atoms with E-state index in [0.717, 1.165) is 18.3 Å². The van der Waals surface area contributed by atoms with Crippen LogP contribution < -0.4 is 0 Å². The van der Waals surface area contributed by atoms with Crippen LogP contribution in [0, 0.1) is 0 Å². The SMILES string of the molecule is C/C=C(/C)C(C/C=C(\C)C=O)O[Si](C)(C)C(C)(C)C. The molecule has 0 aromatic rings. The summed E-state index contributed by atoms with van der Waals surface area (Å²) in [5.41, 5.74) is 2.01. The van der Waals surface area contributed by atoms with Crippen LogP contribution in [0.3, 0.4) is 0 Å². The fourth-order valence-electron chi connectivity index (χ4n) is 1.39. The molecule has 2 nitrogen and oxygen atoms in total. The maximum Gasteiger partial charge on any atom is 0.192 e. The Morgan fingerprint density at radius 2 is 1.79 bits per heavy atom.